The standard InChI is InChI=1S/C18H18ClN3/c1-11-2-7-16-17(11)18(22-10-21-16)20-9-13-4-3-12-8-14(19)5-6-15(12)13/h2,5-8,10,13,20H,3-4,9H2,1H3,(H,21,22). The van der Waals surface area contributed by atoms with Gasteiger partial charge in [0.15, 0.2) is 0 Å². The quantitative estimate of drug-likeness (QED) is 0.741. The molecule has 0 bridgehead atoms. The molecule has 4 heteroatoms. The minimum Gasteiger partial charge on any atom is -0.369 e. The number of aromatic nitrogens is 2. The van der Waals surface area contributed by atoms with Gasteiger partial charge >= 0.3 is 0 Å². The molecule has 22 heavy (non-hydrogen) atoms. The van der Waals surface area contributed by atoms with Gasteiger partial charge in [0.2, 0.25) is 0 Å². The molecule has 0 saturated heterocycles. The summed E-state index contributed by atoms with van der Waals surface area (Å²) in [7, 11) is 0. The van der Waals surface area contributed by atoms with E-state index in [4.69, 9.17) is 11.6 Å². The Morgan fingerprint density at radius 2 is 2.23 bits per heavy atom. The molecule has 3 aliphatic rings. The number of halogens is 1. The van der Waals surface area contributed by atoms with Gasteiger partial charge in [0.25, 0.3) is 0 Å². The van der Waals surface area contributed by atoms with Crippen LogP contribution in [0.25, 0.3) is 11.3 Å². The first kappa shape index (κ1) is 13.6. The van der Waals surface area contributed by atoms with Gasteiger partial charge in [0.05, 0.1) is 12.0 Å². The molecule has 0 spiro atoms. The molecule has 3 nitrogen and oxygen atoms in total. The molecule has 0 radical (unpaired) electrons. The average molecular weight is 312 g/mol. The van der Waals surface area contributed by atoms with Crippen LogP contribution in [0, 0.1) is 6.92 Å². The van der Waals surface area contributed by atoms with Crippen molar-refractivity contribution in [2.45, 2.75) is 25.7 Å². The number of aromatic amines is 1. The lowest BCUT2D eigenvalue weighted by atomic mass is 10.0. The summed E-state index contributed by atoms with van der Waals surface area (Å²) in [5.74, 6) is 1.50. The molecular formula is C18H18ClN3. The molecule has 1 heterocycles. The van der Waals surface area contributed by atoms with Gasteiger partial charge in [0, 0.05) is 23.0 Å². The summed E-state index contributed by atoms with van der Waals surface area (Å²) in [6.07, 6.45) is 4.04. The van der Waals surface area contributed by atoms with E-state index >= 15 is 0 Å². The summed E-state index contributed by atoms with van der Waals surface area (Å²) >= 11 is 6.09. The van der Waals surface area contributed by atoms with Gasteiger partial charge in [-0.25, -0.2) is 4.98 Å². The molecule has 0 saturated carbocycles. The van der Waals surface area contributed by atoms with Crippen molar-refractivity contribution in [2.24, 2.45) is 0 Å². The Balaban J connectivity index is 1.56. The highest BCUT2D eigenvalue weighted by Gasteiger charge is 2.23. The second-order valence-electron chi connectivity index (χ2n) is 6.02. The van der Waals surface area contributed by atoms with Crippen molar-refractivity contribution in [3.63, 3.8) is 0 Å². The molecule has 1 atom stereocenters. The first-order valence-electron chi connectivity index (χ1n) is 7.67. The highest BCUT2D eigenvalue weighted by Crippen LogP contribution is 2.36. The minimum atomic E-state index is 0.531. The number of nitrogens with zero attached hydrogens (tertiary/aromatic N) is 1. The number of benzene rings is 1. The van der Waals surface area contributed by atoms with E-state index < -0.39 is 0 Å². The maximum Gasteiger partial charge on any atom is 0.137 e. The summed E-state index contributed by atoms with van der Waals surface area (Å²) in [6, 6.07) is 10.5. The van der Waals surface area contributed by atoms with E-state index in [1.54, 1.807) is 6.33 Å². The molecule has 0 aromatic heterocycles. The molecule has 0 amide bonds. The predicted molar refractivity (Wildman–Crippen MR) is 91.0 cm³/mol. The fourth-order valence-electron chi connectivity index (χ4n) is 3.49. The lowest BCUT2D eigenvalue weighted by molar-refractivity contribution is 0.707. The van der Waals surface area contributed by atoms with Crippen LogP contribution >= 0.6 is 11.6 Å². The van der Waals surface area contributed by atoms with Crippen LogP contribution in [-0.2, 0) is 6.42 Å². The van der Waals surface area contributed by atoms with E-state index in [0.29, 0.717) is 5.92 Å². The van der Waals surface area contributed by atoms with Crippen LogP contribution in [0.1, 0.15) is 29.0 Å². The van der Waals surface area contributed by atoms with Gasteiger partial charge in [-0.1, -0.05) is 23.7 Å². The fourth-order valence-corrected chi connectivity index (χ4v) is 3.69. The number of aryl methyl sites for hydroxylation is 2. The van der Waals surface area contributed by atoms with Crippen molar-refractivity contribution in [3.8, 4) is 11.3 Å². The summed E-state index contributed by atoms with van der Waals surface area (Å²) in [4.78, 5) is 7.68. The van der Waals surface area contributed by atoms with Crippen LogP contribution in [0.3, 0.4) is 0 Å². The van der Waals surface area contributed by atoms with E-state index in [9.17, 15) is 0 Å². The van der Waals surface area contributed by atoms with E-state index in [0.717, 1.165) is 29.5 Å². The number of hydrogen-bond acceptors (Lipinski definition) is 2. The molecule has 4 rings (SSSR count). The Hall–Kier alpha value is -2.00. The van der Waals surface area contributed by atoms with Crippen molar-refractivity contribution >= 4 is 17.4 Å². The van der Waals surface area contributed by atoms with E-state index in [-0.39, 0.29) is 0 Å². The third-order valence-electron chi connectivity index (χ3n) is 4.64. The predicted octanol–water partition coefficient (Wildman–Crippen LogP) is 4.62. The summed E-state index contributed by atoms with van der Waals surface area (Å²) in [5.41, 5.74) is 6.39. The number of H-pyrrole nitrogens is 1. The van der Waals surface area contributed by atoms with Crippen LogP contribution in [-0.4, -0.2) is 16.5 Å². The number of fused-ring (bicyclic) bond motifs is 2. The minimum absolute atomic E-state index is 0.531. The molecule has 2 aliphatic carbocycles. The number of nitrogens with one attached hydrogen (secondary N) is 2. The lowest BCUT2D eigenvalue weighted by Gasteiger charge is -2.16. The third-order valence-corrected chi connectivity index (χ3v) is 4.87. The van der Waals surface area contributed by atoms with Crippen molar-refractivity contribution in [2.75, 3.05) is 11.9 Å². The normalized spacial score (nSPS) is 16.9. The van der Waals surface area contributed by atoms with Crippen LogP contribution in [0.4, 0.5) is 5.82 Å². The fraction of sp³-hybridized carbons (Fsp3) is 0.278. The van der Waals surface area contributed by atoms with Gasteiger partial charge in [-0.15, -0.1) is 0 Å². The van der Waals surface area contributed by atoms with E-state index in [1.165, 1.54) is 28.7 Å². The van der Waals surface area contributed by atoms with Crippen molar-refractivity contribution < 1.29 is 0 Å². The zero-order valence-electron chi connectivity index (χ0n) is 12.5. The second kappa shape index (κ2) is 5.33. The zero-order valence-corrected chi connectivity index (χ0v) is 13.2. The van der Waals surface area contributed by atoms with Crippen LogP contribution in [0.5, 0.6) is 0 Å². The van der Waals surface area contributed by atoms with Crippen LogP contribution in [0.2, 0.25) is 5.02 Å². The highest BCUT2D eigenvalue weighted by molar-refractivity contribution is 6.30. The first-order chi connectivity index (χ1) is 10.7. The van der Waals surface area contributed by atoms with Crippen molar-refractivity contribution in [1.82, 2.24) is 9.97 Å². The third kappa shape index (κ3) is 2.26. The largest absolute Gasteiger partial charge is 0.369 e. The molecule has 1 aromatic rings. The maximum absolute atomic E-state index is 6.09. The average Bonchev–Trinajstić information content (AvgIpc) is 3.09. The molecule has 2 N–H and O–H groups in total. The Kier molecular flexibility index (Phi) is 3.30. The SMILES string of the molecule is Cc1ccc2[nH]cnc(NCC3CCc4cc(Cl)ccc43)c1-2. The molecular weight excluding hydrogens is 294 g/mol. The molecule has 112 valence electrons. The monoisotopic (exact) mass is 311 g/mol. The number of anilines is 1. The van der Waals surface area contributed by atoms with Crippen LogP contribution < -0.4 is 5.32 Å². The summed E-state index contributed by atoms with van der Waals surface area (Å²) in [5, 5.41) is 4.38. The van der Waals surface area contributed by atoms with E-state index in [2.05, 4.69) is 46.5 Å². The van der Waals surface area contributed by atoms with Gasteiger partial charge in [-0.2, -0.15) is 0 Å². The number of hydrogen-bond donors (Lipinski definition) is 2. The number of rotatable bonds is 3. The smallest absolute Gasteiger partial charge is 0.137 e. The molecule has 1 aliphatic heterocycles. The summed E-state index contributed by atoms with van der Waals surface area (Å²) < 4.78 is 0. The van der Waals surface area contributed by atoms with Gasteiger partial charge in [-0.3, -0.25) is 0 Å². The van der Waals surface area contributed by atoms with Crippen LogP contribution in [0.15, 0.2) is 36.7 Å². The molecule has 1 unspecified atom stereocenters. The highest BCUT2D eigenvalue weighted by atomic mass is 35.5. The lowest BCUT2D eigenvalue weighted by Crippen LogP contribution is -2.12. The van der Waals surface area contributed by atoms with Gasteiger partial charge in [0.1, 0.15) is 5.82 Å². The maximum atomic E-state index is 6.09. The Labute approximate surface area is 135 Å². The first-order valence-corrected chi connectivity index (χ1v) is 8.05. The Bertz CT molecular complexity index is 793. The van der Waals surface area contributed by atoms with Crippen molar-refractivity contribution in [1.29, 1.82) is 0 Å². The van der Waals surface area contributed by atoms with Crippen molar-refractivity contribution in [3.05, 3.63) is 58.4 Å². The Morgan fingerprint density at radius 1 is 1.32 bits per heavy atom. The van der Waals surface area contributed by atoms with Gasteiger partial charge in [-0.05, 0) is 54.7 Å². The zero-order chi connectivity index (χ0) is 15.1. The molecule has 0 fully saturated rings. The van der Waals surface area contributed by atoms with E-state index in [1.807, 2.05) is 6.07 Å². The molecule has 1 aromatic carbocycles. The topological polar surface area (TPSA) is 40.7 Å². The second-order valence-corrected chi connectivity index (χ2v) is 6.45. The van der Waals surface area contributed by atoms with Gasteiger partial charge < -0.3 is 10.3 Å². The summed E-state index contributed by atoms with van der Waals surface area (Å²) in [6.45, 7) is 3.03. The Morgan fingerprint density at radius 3 is 3.14 bits per heavy atom.